The fraction of sp³-hybridized carbons (Fsp3) is 0.385. The van der Waals surface area contributed by atoms with Gasteiger partial charge in [0, 0.05) is 6.54 Å². The second kappa shape index (κ2) is 6.58. The van der Waals surface area contributed by atoms with E-state index in [2.05, 4.69) is 5.32 Å². The molecule has 1 atom stereocenters. The van der Waals surface area contributed by atoms with Gasteiger partial charge in [0.15, 0.2) is 0 Å². The lowest BCUT2D eigenvalue weighted by atomic mass is 10.1. The van der Waals surface area contributed by atoms with E-state index in [1.54, 1.807) is 12.1 Å². The molecule has 102 valence electrons. The third-order valence-electron chi connectivity index (χ3n) is 2.84. The van der Waals surface area contributed by atoms with Crippen molar-refractivity contribution in [3.05, 3.63) is 35.9 Å². The van der Waals surface area contributed by atoms with E-state index in [1.807, 2.05) is 18.2 Å². The molecule has 2 N–H and O–H groups in total. The molecule has 0 bridgehead atoms. The molecule has 0 spiro atoms. The van der Waals surface area contributed by atoms with Crippen molar-refractivity contribution in [2.24, 2.45) is 0 Å². The molecule has 2 rings (SSSR count). The third-order valence-corrected chi connectivity index (χ3v) is 3.78. The smallest absolute Gasteiger partial charge is 0.239 e. The molecule has 1 saturated heterocycles. The third kappa shape index (κ3) is 3.97. The predicted molar refractivity (Wildman–Crippen MR) is 73.4 cm³/mol. The maximum atomic E-state index is 11.7. The van der Waals surface area contributed by atoms with Crippen molar-refractivity contribution in [1.82, 2.24) is 10.2 Å². The molecule has 6 heteroatoms. The fourth-order valence-electron chi connectivity index (χ4n) is 1.77. The van der Waals surface area contributed by atoms with Crippen LogP contribution in [0.3, 0.4) is 0 Å². The van der Waals surface area contributed by atoms with Crippen molar-refractivity contribution >= 4 is 23.6 Å². The minimum absolute atomic E-state index is 0.0104. The second-order valence-corrected chi connectivity index (χ2v) is 5.25. The minimum atomic E-state index is -0.728. The largest absolute Gasteiger partial charge is 0.387 e. The minimum Gasteiger partial charge on any atom is -0.387 e. The summed E-state index contributed by atoms with van der Waals surface area (Å²) in [6, 6.07) is 9.14. The lowest BCUT2D eigenvalue weighted by Crippen LogP contribution is -2.39. The molecular weight excluding hydrogens is 264 g/mol. The van der Waals surface area contributed by atoms with Gasteiger partial charge in [0.1, 0.15) is 6.54 Å². The summed E-state index contributed by atoms with van der Waals surface area (Å²) in [6.45, 7) is 0.214. The number of hydrogen-bond acceptors (Lipinski definition) is 4. The average Bonchev–Trinajstić information content (AvgIpc) is 2.82. The summed E-state index contributed by atoms with van der Waals surface area (Å²) in [6.07, 6.45) is -0.728. The van der Waals surface area contributed by atoms with Gasteiger partial charge in [-0.05, 0) is 5.56 Å². The van der Waals surface area contributed by atoms with E-state index in [0.717, 1.165) is 5.56 Å². The zero-order valence-corrected chi connectivity index (χ0v) is 11.2. The van der Waals surface area contributed by atoms with Crippen molar-refractivity contribution in [2.75, 3.05) is 24.7 Å². The maximum Gasteiger partial charge on any atom is 0.239 e. The predicted octanol–water partition coefficient (Wildman–Crippen LogP) is 0.369. The number of aliphatic hydroxyl groups is 1. The first-order valence-corrected chi connectivity index (χ1v) is 7.17. The van der Waals surface area contributed by atoms with Crippen LogP contribution in [0.15, 0.2) is 30.3 Å². The van der Waals surface area contributed by atoms with Crippen LogP contribution in [0.2, 0.25) is 0 Å². The molecule has 1 aliphatic heterocycles. The van der Waals surface area contributed by atoms with Gasteiger partial charge in [0.05, 0.1) is 17.7 Å². The number of rotatable bonds is 5. The van der Waals surface area contributed by atoms with Gasteiger partial charge >= 0.3 is 0 Å². The van der Waals surface area contributed by atoms with E-state index in [9.17, 15) is 14.7 Å². The fourth-order valence-corrected chi connectivity index (χ4v) is 2.68. The normalized spacial score (nSPS) is 16.5. The van der Waals surface area contributed by atoms with E-state index in [0.29, 0.717) is 11.6 Å². The van der Waals surface area contributed by atoms with Gasteiger partial charge in [-0.3, -0.25) is 9.59 Å². The van der Waals surface area contributed by atoms with Gasteiger partial charge < -0.3 is 15.3 Å². The quantitative estimate of drug-likeness (QED) is 0.817. The van der Waals surface area contributed by atoms with E-state index < -0.39 is 6.10 Å². The van der Waals surface area contributed by atoms with Crippen LogP contribution >= 0.6 is 11.8 Å². The van der Waals surface area contributed by atoms with Gasteiger partial charge in [-0.25, -0.2) is 0 Å². The summed E-state index contributed by atoms with van der Waals surface area (Å²) >= 11 is 1.50. The molecule has 0 aromatic heterocycles. The number of hydrogen-bond donors (Lipinski definition) is 2. The zero-order valence-electron chi connectivity index (χ0n) is 10.4. The van der Waals surface area contributed by atoms with Gasteiger partial charge in [-0.1, -0.05) is 30.3 Å². The number of aliphatic hydroxyl groups excluding tert-OH is 1. The Morgan fingerprint density at radius 1 is 1.42 bits per heavy atom. The maximum absolute atomic E-state index is 11.7. The number of carbonyl (C=O) groups is 2. The first-order valence-electron chi connectivity index (χ1n) is 6.02. The topological polar surface area (TPSA) is 69.6 Å². The van der Waals surface area contributed by atoms with Gasteiger partial charge in [-0.15, -0.1) is 11.8 Å². The summed E-state index contributed by atoms with van der Waals surface area (Å²) in [5.41, 5.74) is 0.760. The lowest BCUT2D eigenvalue weighted by Gasteiger charge is -2.16. The van der Waals surface area contributed by atoms with Gasteiger partial charge in [-0.2, -0.15) is 0 Å². The van der Waals surface area contributed by atoms with Crippen molar-refractivity contribution < 1.29 is 14.7 Å². The Hall–Kier alpha value is -1.53. The number of thioether (sulfide) groups is 1. The van der Waals surface area contributed by atoms with E-state index in [-0.39, 0.29) is 24.9 Å². The van der Waals surface area contributed by atoms with Crippen LogP contribution in [-0.2, 0) is 9.59 Å². The number of carbonyl (C=O) groups excluding carboxylic acids is 2. The van der Waals surface area contributed by atoms with Crippen molar-refractivity contribution in [2.45, 2.75) is 6.10 Å². The molecule has 1 unspecified atom stereocenters. The lowest BCUT2D eigenvalue weighted by molar-refractivity contribution is -0.132. The summed E-state index contributed by atoms with van der Waals surface area (Å²) in [5, 5.41) is 12.5. The molecule has 1 aromatic rings. The summed E-state index contributed by atoms with van der Waals surface area (Å²) in [7, 11) is 0. The SMILES string of the molecule is O=C(CN1CSCC1=O)NCC(O)c1ccccc1. The molecule has 0 saturated carbocycles. The first kappa shape index (κ1) is 13.9. The molecule has 1 heterocycles. The Kier molecular flexibility index (Phi) is 4.81. The summed E-state index contributed by atoms with van der Waals surface area (Å²) in [5.74, 6) is 0.752. The average molecular weight is 280 g/mol. The van der Waals surface area contributed by atoms with Crippen molar-refractivity contribution in [1.29, 1.82) is 0 Å². The monoisotopic (exact) mass is 280 g/mol. The molecule has 1 aromatic carbocycles. The van der Waals surface area contributed by atoms with Crippen LogP contribution in [0.25, 0.3) is 0 Å². The highest BCUT2D eigenvalue weighted by Gasteiger charge is 2.22. The van der Waals surface area contributed by atoms with E-state index in [1.165, 1.54) is 16.7 Å². The molecule has 1 fully saturated rings. The number of nitrogens with one attached hydrogen (secondary N) is 1. The van der Waals surface area contributed by atoms with Crippen molar-refractivity contribution in [3.63, 3.8) is 0 Å². The Labute approximate surface area is 116 Å². The molecular formula is C13H16N2O3S. The summed E-state index contributed by atoms with van der Waals surface area (Å²) in [4.78, 5) is 24.5. The highest BCUT2D eigenvalue weighted by atomic mass is 32.2. The van der Waals surface area contributed by atoms with Gasteiger partial charge in [0.2, 0.25) is 11.8 Å². The van der Waals surface area contributed by atoms with Crippen LogP contribution in [0.4, 0.5) is 0 Å². The number of nitrogens with zero attached hydrogens (tertiary/aromatic N) is 1. The molecule has 2 amide bonds. The van der Waals surface area contributed by atoms with Crippen molar-refractivity contribution in [3.8, 4) is 0 Å². The Morgan fingerprint density at radius 2 is 2.16 bits per heavy atom. The van der Waals surface area contributed by atoms with Crippen LogP contribution in [0.5, 0.6) is 0 Å². The molecule has 19 heavy (non-hydrogen) atoms. The number of benzene rings is 1. The Morgan fingerprint density at radius 3 is 2.79 bits per heavy atom. The van der Waals surface area contributed by atoms with E-state index >= 15 is 0 Å². The zero-order chi connectivity index (χ0) is 13.7. The molecule has 0 aliphatic carbocycles. The van der Waals surface area contributed by atoms with Crippen LogP contribution in [0, 0.1) is 0 Å². The van der Waals surface area contributed by atoms with Gasteiger partial charge in [0.25, 0.3) is 0 Å². The molecule has 1 aliphatic rings. The van der Waals surface area contributed by atoms with Crippen LogP contribution < -0.4 is 5.32 Å². The van der Waals surface area contributed by atoms with Crippen LogP contribution in [0.1, 0.15) is 11.7 Å². The summed E-state index contributed by atoms with van der Waals surface area (Å²) < 4.78 is 0. The second-order valence-electron chi connectivity index (χ2n) is 4.30. The highest BCUT2D eigenvalue weighted by Crippen LogP contribution is 2.14. The molecule has 0 radical (unpaired) electrons. The Balaban J connectivity index is 1.76. The number of amides is 2. The Bertz CT molecular complexity index is 452. The highest BCUT2D eigenvalue weighted by molar-refractivity contribution is 8.00. The van der Waals surface area contributed by atoms with Crippen LogP contribution in [-0.4, -0.2) is 46.5 Å². The van der Waals surface area contributed by atoms with E-state index in [4.69, 9.17) is 0 Å². The standard InChI is InChI=1S/C13H16N2O3S/c16-11(10-4-2-1-3-5-10)6-14-12(17)7-15-9-19-8-13(15)18/h1-5,11,16H,6-9H2,(H,14,17). The first-order chi connectivity index (χ1) is 9.16. The molecule has 5 nitrogen and oxygen atoms in total.